The highest BCUT2D eigenvalue weighted by Gasteiger charge is 2.21. The normalized spacial score (nSPS) is 22.3. The lowest BCUT2D eigenvalue weighted by atomic mass is 10.0. The summed E-state index contributed by atoms with van der Waals surface area (Å²) in [4.78, 5) is 4.38. The van der Waals surface area contributed by atoms with Gasteiger partial charge in [-0.05, 0) is 25.0 Å². The first kappa shape index (κ1) is 11.7. The summed E-state index contributed by atoms with van der Waals surface area (Å²) in [7, 11) is 0. The van der Waals surface area contributed by atoms with E-state index in [2.05, 4.69) is 15.6 Å². The van der Waals surface area contributed by atoms with Crippen LogP contribution in [0.15, 0.2) is 23.2 Å². The Kier molecular flexibility index (Phi) is 3.28. The van der Waals surface area contributed by atoms with E-state index < -0.39 is 0 Å². The van der Waals surface area contributed by atoms with Gasteiger partial charge in [-0.1, -0.05) is 17.7 Å². The molecule has 4 nitrogen and oxygen atoms in total. The lowest BCUT2D eigenvalue weighted by Gasteiger charge is -2.19. The van der Waals surface area contributed by atoms with Gasteiger partial charge in [0.2, 0.25) is 0 Å². The molecule has 18 heavy (non-hydrogen) atoms. The zero-order valence-electron chi connectivity index (χ0n) is 10.1. The van der Waals surface area contributed by atoms with Gasteiger partial charge in [0.05, 0.1) is 19.2 Å². The van der Waals surface area contributed by atoms with Crippen LogP contribution in [0.1, 0.15) is 24.4 Å². The van der Waals surface area contributed by atoms with Crippen molar-refractivity contribution in [3.05, 3.63) is 28.8 Å². The van der Waals surface area contributed by atoms with E-state index in [0.29, 0.717) is 5.02 Å². The molecule has 0 spiro atoms. The maximum absolute atomic E-state index is 6.01. The molecule has 2 aliphatic rings. The van der Waals surface area contributed by atoms with E-state index in [1.54, 1.807) is 0 Å². The molecule has 1 unspecified atom stereocenters. The number of ether oxygens (including phenoxy) is 1. The summed E-state index contributed by atoms with van der Waals surface area (Å²) in [6.45, 7) is 2.50. The third kappa shape index (κ3) is 2.38. The fourth-order valence-electron chi connectivity index (χ4n) is 2.36. The number of rotatable bonds is 1. The fourth-order valence-corrected chi connectivity index (χ4v) is 2.52. The number of nitrogens with one attached hydrogen (secondary N) is 2. The van der Waals surface area contributed by atoms with Gasteiger partial charge >= 0.3 is 0 Å². The summed E-state index contributed by atoms with van der Waals surface area (Å²) >= 11 is 6.01. The molecule has 0 aliphatic carbocycles. The smallest absolute Gasteiger partial charge is 0.191 e. The summed E-state index contributed by atoms with van der Waals surface area (Å²) in [6.07, 6.45) is 2.06. The molecule has 1 aromatic rings. The van der Waals surface area contributed by atoms with Gasteiger partial charge in [-0.15, -0.1) is 0 Å². The largest absolute Gasteiger partial charge is 0.493 e. The first-order valence-electron chi connectivity index (χ1n) is 6.30. The van der Waals surface area contributed by atoms with Gasteiger partial charge in [0.25, 0.3) is 0 Å². The van der Waals surface area contributed by atoms with Crippen molar-refractivity contribution < 1.29 is 4.74 Å². The Balaban J connectivity index is 1.86. The molecule has 0 bridgehead atoms. The van der Waals surface area contributed by atoms with E-state index in [4.69, 9.17) is 16.3 Å². The van der Waals surface area contributed by atoms with Crippen LogP contribution in [0.2, 0.25) is 5.02 Å². The molecule has 0 fully saturated rings. The number of benzene rings is 1. The molecule has 96 valence electrons. The second-order valence-electron chi connectivity index (χ2n) is 4.53. The topological polar surface area (TPSA) is 45.6 Å². The first-order valence-corrected chi connectivity index (χ1v) is 6.68. The predicted molar refractivity (Wildman–Crippen MR) is 72.4 cm³/mol. The number of nitrogens with zero attached hydrogens (tertiary/aromatic N) is 1. The molecular weight excluding hydrogens is 250 g/mol. The van der Waals surface area contributed by atoms with E-state index in [1.165, 1.54) is 0 Å². The standard InChI is InChI=1S/C13H16ClN3O/c14-9-3-4-10-11(17-13-15-5-6-16-13)2-1-7-18-12(10)8-9/h3-4,8,11H,1-2,5-7H2,(H2,15,16,17). The molecule has 2 heterocycles. The van der Waals surface area contributed by atoms with Crippen LogP contribution in [0, 0.1) is 0 Å². The number of aliphatic imine (C=N–C) groups is 1. The van der Waals surface area contributed by atoms with E-state index in [1.807, 2.05) is 18.2 Å². The minimum absolute atomic E-state index is 0.240. The van der Waals surface area contributed by atoms with Crippen LogP contribution in [0.25, 0.3) is 0 Å². The van der Waals surface area contributed by atoms with Crippen molar-refractivity contribution in [2.45, 2.75) is 18.9 Å². The van der Waals surface area contributed by atoms with Gasteiger partial charge in [-0.2, -0.15) is 0 Å². The molecule has 1 atom stereocenters. The minimum atomic E-state index is 0.240. The van der Waals surface area contributed by atoms with Gasteiger partial charge in [0.1, 0.15) is 5.75 Å². The summed E-state index contributed by atoms with van der Waals surface area (Å²) in [5.74, 6) is 1.78. The highest BCUT2D eigenvalue weighted by Crippen LogP contribution is 2.33. The molecule has 3 rings (SSSR count). The number of halogens is 1. The van der Waals surface area contributed by atoms with Crippen molar-refractivity contribution in [1.82, 2.24) is 10.6 Å². The summed E-state index contributed by atoms with van der Waals surface area (Å²) in [5, 5.41) is 7.40. The van der Waals surface area contributed by atoms with Gasteiger partial charge in [0.15, 0.2) is 5.96 Å². The van der Waals surface area contributed by atoms with E-state index >= 15 is 0 Å². The van der Waals surface area contributed by atoms with Crippen molar-refractivity contribution >= 4 is 17.6 Å². The van der Waals surface area contributed by atoms with Gasteiger partial charge in [0, 0.05) is 17.1 Å². The first-order chi connectivity index (χ1) is 8.83. The Hall–Kier alpha value is -1.42. The molecule has 1 aromatic carbocycles. The number of fused-ring (bicyclic) bond motifs is 1. The Bertz CT molecular complexity index is 475. The molecular formula is C13H16ClN3O. The fraction of sp³-hybridized carbons (Fsp3) is 0.462. The highest BCUT2D eigenvalue weighted by molar-refractivity contribution is 6.30. The lowest BCUT2D eigenvalue weighted by Crippen LogP contribution is -2.36. The van der Waals surface area contributed by atoms with Crippen LogP contribution in [0.3, 0.4) is 0 Å². The Morgan fingerprint density at radius 2 is 2.39 bits per heavy atom. The monoisotopic (exact) mass is 265 g/mol. The van der Waals surface area contributed by atoms with E-state index in [0.717, 1.165) is 49.8 Å². The van der Waals surface area contributed by atoms with Crippen molar-refractivity contribution in [3.63, 3.8) is 0 Å². The second-order valence-corrected chi connectivity index (χ2v) is 4.96. The van der Waals surface area contributed by atoms with Crippen molar-refractivity contribution in [1.29, 1.82) is 0 Å². The molecule has 2 N–H and O–H groups in total. The molecule has 0 amide bonds. The third-order valence-corrected chi connectivity index (χ3v) is 3.47. The summed E-state index contributed by atoms with van der Waals surface area (Å²) in [5.41, 5.74) is 1.16. The average Bonchev–Trinajstić information content (AvgIpc) is 2.79. The number of hydrogen-bond acceptors (Lipinski definition) is 4. The van der Waals surface area contributed by atoms with Gasteiger partial charge in [-0.25, -0.2) is 0 Å². The third-order valence-electron chi connectivity index (χ3n) is 3.23. The van der Waals surface area contributed by atoms with Crippen LogP contribution in [0.5, 0.6) is 5.75 Å². The second kappa shape index (κ2) is 5.06. The Morgan fingerprint density at radius 1 is 1.44 bits per heavy atom. The van der Waals surface area contributed by atoms with Crippen LogP contribution in [0.4, 0.5) is 0 Å². The van der Waals surface area contributed by atoms with E-state index in [9.17, 15) is 0 Å². The Labute approximate surface area is 111 Å². The van der Waals surface area contributed by atoms with Crippen molar-refractivity contribution in [2.75, 3.05) is 19.7 Å². The number of hydrogen-bond donors (Lipinski definition) is 2. The summed E-state index contributed by atoms with van der Waals surface area (Å²) in [6, 6.07) is 6.08. The van der Waals surface area contributed by atoms with Crippen LogP contribution < -0.4 is 15.4 Å². The quantitative estimate of drug-likeness (QED) is 0.818. The average molecular weight is 266 g/mol. The molecule has 0 saturated heterocycles. The predicted octanol–water partition coefficient (Wildman–Crippen LogP) is 2.10. The molecule has 0 aromatic heterocycles. The Morgan fingerprint density at radius 3 is 3.22 bits per heavy atom. The molecule has 0 saturated carbocycles. The van der Waals surface area contributed by atoms with Gasteiger partial charge in [-0.3, -0.25) is 4.99 Å². The number of guanidine groups is 1. The zero-order valence-corrected chi connectivity index (χ0v) is 10.8. The van der Waals surface area contributed by atoms with Crippen LogP contribution in [-0.4, -0.2) is 25.7 Å². The molecule has 5 heteroatoms. The maximum atomic E-state index is 6.01. The van der Waals surface area contributed by atoms with Crippen LogP contribution >= 0.6 is 11.6 Å². The molecule has 2 aliphatic heterocycles. The lowest BCUT2D eigenvalue weighted by molar-refractivity contribution is 0.316. The highest BCUT2D eigenvalue weighted by atomic mass is 35.5. The maximum Gasteiger partial charge on any atom is 0.191 e. The molecule has 0 radical (unpaired) electrons. The SMILES string of the molecule is Clc1ccc2c(c1)OCCCC2NC1=NCCN1. The van der Waals surface area contributed by atoms with Gasteiger partial charge < -0.3 is 15.4 Å². The van der Waals surface area contributed by atoms with Crippen molar-refractivity contribution in [2.24, 2.45) is 4.99 Å². The zero-order chi connectivity index (χ0) is 12.4. The summed E-state index contributed by atoms with van der Waals surface area (Å²) < 4.78 is 5.74. The van der Waals surface area contributed by atoms with Crippen LogP contribution in [-0.2, 0) is 0 Å². The van der Waals surface area contributed by atoms with Crippen molar-refractivity contribution in [3.8, 4) is 5.75 Å². The minimum Gasteiger partial charge on any atom is -0.493 e. The van der Waals surface area contributed by atoms with E-state index in [-0.39, 0.29) is 6.04 Å².